The molecule has 0 saturated carbocycles. The molecule has 0 atom stereocenters. The van der Waals surface area contributed by atoms with Gasteiger partial charge in [-0.15, -0.1) is 5.69 Å². The fourth-order valence-electron chi connectivity index (χ4n) is 2.76. The van der Waals surface area contributed by atoms with Crippen LogP contribution in [0.1, 0.15) is 69.2 Å². The van der Waals surface area contributed by atoms with Crippen molar-refractivity contribution < 1.29 is 21.8 Å². The molecule has 3 rings (SSSR count). The summed E-state index contributed by atoms with van der Waals surface area (Å²) in [5.74, 6) is 0.965. The number of hydrogen-bond donors (Lipinski definition) is 0. The van der Waals surface area contributed by atoms with E-state index in [4.69, 9.17) is 28.7 Å². The van der Waals surface area contributed by atoms with Crippen molar-refractivity contribution in [2.24, 2.45) is 0 Å². The van der Waals surface area contributed by atoms with E-state index >= 15 is 0 Å². The fourth-order valence-corrected chi connectivity index (χ4v) is 2.76. The molecule has 0 aliphatic carbocycles. The van der Waals surface area contributed by atoms with Gasteiger partial charge < -0.3 is 10.1 Å². The Balaban J connectivity index is 0.000000409. The van der Waals surface area contributed by atoms with Crippen LogP contribution in [-0.4, -0.2) is 11.6 Å². The molecule has 1 aromatic heterocycles. The van der Waals surface area contributed by atoms with Gasteiger partial charge in [-0.2, -0.15) is 6.42 Å². The van der Waals surface area contributed by atoms with Gasteiger partial charge in [0.1, 0.15) is 0 Å². The Hall–Kier alpha value is -0.576. The van der Waals surface area contributed by atoms with E-state index in [0.717, 1.165) is 24.4 Å². The summed E-state index contributed by atoms with van der Waals surface area (Å²) < 4.78 is 4.82. The number of hydrogen-bond acceptors (Lipinski definition) is 2. The number of aromatic nitrogens is 1. The van der Waals surface area contributed by atoms with Crippen molar-refractivity contribution in [1.82, 2.24) is 4.98 Å². The monoisotopic (exact) mass is 456 g/mol. The first-order valence-corrected chi connectivity index (χ1v) is 13.9. The standard InChI is InChI=1S/C18H23N2.C4H7O.2ClH.Ti/c1-13(2)16-9-7-10-17(14(3)4)18(16)20-12-15-8-5-6-11-19-15;1-2-4-5-3-1;;;/h5-11,13-14H,12H2,1-4H3;3H,1-2,4H2;2*1H;/q2*-1;;;+2/p-2. The number of ether oxygens (including phenoxy) is 1. The topological polar surface area (TPSA) is 36.2 Å². The molecule has 2 aromatic rings. The van der Waals surface area contributed by atoms with E-state index in [9.17, 15) is 0 Å². The van der Waals surface area contributed by atoms with Crippen molar-refractivity contribution in [3.8, 4) is 0 Å². The van der Waals surface area contributed by atoms with Crippen LogP contribution in [0.15, 0.2) is 42.6 Å². The second-order valence-corrected chi connectivity index (χ2v) is 9.56. The van der Waals surface area contributed by atoms with E-state index < -0.39 is 17.0 Å². The van der Waals surface area contributed by atoms with Crippen LogP contribution >= 0.6 is 18.6 Å². The van der Waals surface area contributed by atoms with Crippen LogP contribution in [0, 0.1) is 6.61 Å². The molecule has 1 aliphatic heterocycles. The summed E-state index contributed by atoms with van der Waals surface area (Å²) in [6.07, 6.45) is 4.20. The molecule has 0 bridgehead atoms. The molecular weight excluding hydrogens is 427 g/mol. The quantitative estimate of drug-likeness (QED) is 0.338. The second kappa shape index (κ2) is 15.3. The summed E-state index contributed by atoms with van der Waals surface area (Å²) >= 11 is -0.556. The van der Waals surface area contributed by atoms with Gasteiger partial charge in [0.15, 0.2) is 0 Å². The molecule has 6 heteroatoms. The van der Waals surface area contributed by atoms with E-state index in [2.05, 4.69) is 50.9 Å². The number of nitrogens with zero attached hydrogens (tertiary/aromatic N) is 2. The van der Waals surface area contributed by atoms with Crippen molar-refractivity contribution in [1.29, 1.82) is 0 Å². The predicted octanol–water partition coefficient (Wildman–Crippen LogP) is 7.87. The van der Waals surface area contributed by atoms with Crippen molar-refractivity contribution in [2.75, 3.05) is 6.61 Å². The summed E-state index contributed by atoms with van der Waals surface area (Å²) in [4.78, 5) is 4.35. The zero-order valence-electron chi connectivity index (χ0n) is 17.2. The van der Waals surface area contributed by atoms with Gasteiger partial charge in [-0.1, -0.05) is 76.1 Å². The van der Waals surface area contributed by atoms with Crippen LogP contribution < -0.4 is 0 Å². The Morgan fingerprint density at radius 1 is 1.07 bits per heavy atom. The maximum atomic E-state index is 4.89. The maximum absolute atomic E-state index is 4.89. The Bertz CT molecular complexity index is 616. The van der Waals surface area contributed by atoms with E-state index in [1.807, 2.05) is 31.0 Å². The van der Waals surface area contributed by atoms with Crippen LogP contribution in [0.3, 0.4) is 0 Å². The predicted molar refractivity (Wildman–Crippen MR) is 117 cm³/mol. The summed E-state index contributed by atoms with van der Waals surface area (Å²) in [5, 5.41) is 4.86. The van der Waals surface area contributed by atoms with Gasteiger partial charge in [0.05, 0.1) is 0 Å². The molecule has 0 spiro atoms. The molecule has 1 aliphatic rings. The average Bonchev–Trinajstić information content (AvgIpc) is 3.27. The molecule has 0 N–H and O–H groups in total. The Morgan fingerprint density at radius 3 is 2.11 bits per heavy atom. The van der Waals surface area contributed by atoms with E-state index in [0.29, 0.717) is 18.4 Å². The third-order valence-electron chi connectivity index (χ3n) is 4.17. The Morgan fingerprint density at radius 2 is 1.71 bits per heavy atom. The summed E-state index contributed by atoms with van der Waals surface area (Å²) in [5.41, 5.74) is 4.82. The van der Waals surface area contributed by atoms with E-state index in [1.54, 1.807) is 0 Å². The van der Waals surface area contributed by atoms with E-state index in [1.165, 1.54) is 17.5 Å². The molecule has 1 saturated heterocycles. The number of pyridine rings is 1. The van der Waals surface area contributed by atoms with Gasteiger partial charge in [-0.3, -0.25) is 4.98 Å². The van der Waals surface area contributed by atoms with Gasteiger partial charge in [0.25, 0.3) is 0 Å². The third kappa shape index (κ3) is 9.76. The molecule has 1 aromatic carbocycles. The molecule has 28 heavy (non-hydrogen) atoms. The van der Waals surface area contributed by atoms with Crippen LogP contribution in [0.4, 0.5) is 5.69 Å². The van der Waals surface area contributed by atoms with Gasteiger partial charge in [0.2, 0.25) is 0 Å². The molecule has 154 valence electrons. The fraction of sp³-hybridized carbons (Fsp3) is 0.455. The minimum absolute atomic E-state index is 0.483. The summed E-state index contributed by atoms with van der Waals surface area (Å²) in [7, 11) is 9.78. The SMILES string of the molecule is CC(C)c1cccc(C(C)C)c1[N-]Cc1ccccn1.[CH-]1CCCO1.[Cl][Ti][Cl]. The first kappa shape index (κ1) is 25.5. The van der Waals surface area contributed by atoms with Crippen LogP contribution in [0.25, 0.3) is 5.32 Å². The van der Waals surface area contributed by atoms with Crippen LogP contribution in [0.2, 0.25) is 0 Å². The van der Waals surface area contributed by atoms with Crippen molar-refractivity contribution in [3.63, 3.8) is 0 Å². The Labute approximate surface area is 187 Å². The number of rotatable bonds is 5. The zero-order valence-corrected chi connectivity index (χ0v) is 20.2. The van der Waals surface area contributed by atoms with Gasteiger partial charge >= 0.3 is 35.6 Å². The van der Waals surface area contributed by atoms with E-state index in [-0.39, 0.29) is 0 Å². The number of halogens is 2. The molecular formula is C22H30Cl2N2OTi-2. The normalized spacial score (nSPS) is 12.7. The molecule has 0 radical (unpaired) electrons. The number of para-hydroxylation sites is 1. The number of benzene rings is 1. The van der Waals surface area contributed by atoms with Crippen LogP contribution in [-0.2, 0) is 28.3 Å². The zero-order chi connectivity index (χ0) is 20.8. The van der Waals surface area contributed by atoms with Crippen molar-refractivity contribution in [2.45, 2.75) is 58.9 Å². The van der Waals surface area contributed by atoms with Gasteiger partial charge in [-0.25, -0.2) is 6.61 Å². The Kier molecular flexibility index (Phi) is 13.9. The first-order chi connectivity index (χ1) is 13.5. The first-order valence-electron chi connectivity index (χ1n) is 9.61. The molecule has 1 fully saturated rings. The molecule has 0 amide bonds. The van der Waals surface area contributed by atoms with Gasteiger partial charge in [0, 0.05) is 18.5 Å². The minimum atomic E-state index is -0.556. The average molecular weight is 457 g/mol. The second-order valence-electron chi connectivity index (χ2n) is 6.98. The van der Waals surface area contributed by atoms with Crippen LogP contribution in [0.5, 0.6) is 0 Å². The molecule has 2 heterocycles. The molecule has 0 unspecified atom stereocenters. The summed E-state index contributed by atoms with van der Waals surface area (Å²) in [6, 6.07) is 12.5. The molecule has 3 nitrogen and oxygen atoms in total. The van der Waals surface area contributed by atoms with Gasteiger partial charge in [-0.05, 0) is 24.0 Å². The summed E-state index contributed by atoms with van der Waals surface area (Å²) in [6.45, 7) is 12.3. The van der Waals surface area contributed by atoms with Crippen molar-refractivity contribution >= 4 is 24.3 Å². The third-order valence-corrected chi connectivity index (χ3v) is 4.17. The van der Waals surface area contributed by atoms with Crippen molar-refractivity contribution in [3.05, 3.63) is 71.3 Å².